The molecule has 0 aromatic heterocycles. The summed E-state index contributed by atoms with van der Waals surface area (Å²) < 4.78 is 0. The van der Waals surface area contributed by atoms with Gasteiger partial charge in [-0.15, -0.1) is 0 Å². The van der Waals surface area contributed by atoms with Crippen LogP contribution in [0.15, 0.2) is 0 Å². The zero-order valence-electron chi connectivity index (χ0n) is 15.7. The van der Waals surface area contributed by atoms with Crippen LogP contribution in [0.25, 0.3) is 0 Å². The summed E-state index contributed by atoms with van der Waals surface area (Å²) in [6.45, 7) is 0.396. The maximum Gasteiger partial charge on any atom is 0.328 e. The highest BCUT2D eigenvalue weighted by Crippen LogP contribution is 2.02. The van der Waals surface area contributed by atoms with Gasteiger partial charge in [0.05, 0.1) is 12.7 Å². The van der Waals surface area contributed by atoms with E-state index in [9.17, 15) is 29.1 Å². The SMILES string of the molecule is CC(O)C(N)C(=O)NC(CCC(N)=O)C(=O)NC(CS)C(=O)NC(CO)C(=O)O. The van der Waals surface area contributed by atoms with E-state index < -0.39 is 66.5 Å². The van der Waals surface area contributed by atoms with E-state index in [1.54, 1.807) is 0 Å². The molecule has 0 fully saturated rings. The average molecular weight is 437 g/mol. The van der Waals surface area contributed by atoms with Gasteiger partial charge in [-0.2, -0.15) is 12.6 Å². The van der Waals surface area contributed by atoms with Crippen molar-refractivity contribution in [3.63, 3.8) is 0 Å². The molecular formula is C15H27N5O8S. The summed E-state index contributed by atoms with van der Waals surface area (Å²) in [4.78, 5) is 58.5. The number of nitrogens with two attached hydrogens (primary N) is 2. The molecule has 0 rings (SSSR count). The van der Waals surface area contributed by atoms with Crippen molar-refractivity contribution in [3.8, 4) is 0 Å². The highest BCUT2D eigenvalue weighted by Gasteiger charge is 2.30. The predicted octanol–water partition coefficient (Wildman–Crippen LogP) is -4.58. The van der Waals surface area contributed by atoms with Gasteiger partial charge in [0, 0.05) is 12.2 Å². The molecule has 5 unspecified atom stereocenters. The molecule has 0 heterocycles. The number of carbonyl (C=O) groups excluding carboxylic acids is 4. The molecule has 0 saturated heterocycles. The van der Waals surface area contributed by atoms with Crippen molar-refractivity contribution < 1.29 is 39.3 Å². The van der Waals surface area contributed by atoms with Crippen molar-refractivity contribution in [1.29, 1.82) is 0 Å². The number of hydrogen-bond donors (Lipinski definition) is 9. The first-order chi connectivity index (χ1) is 13.4. The third-order valence-corrected chi connectivity index (χ3v) is 4.11. The fourth-order valence-electron chi connectivity index (χ4n) is 1.97. The van der Waals surface area contributed by atoms with Crippen molar-refractivity contribution in [2.75, 3.05) is 12.4 Å². The third-order valence-electron chi connectivity index (χ3n) is 3.75. The molecule has 14 heteroatoms. The van der Waals surface area contributed by atoms with Gasteiger partial charge < -0.3 is 42.7 Å². The highest BCUT2D eigenvalue weighted by molar-refractivity contribution is 7.80. The van der Waals surface area contributed by atoms with Crippen molar-refractivity contribution >= 4 is 42.2 Å². The lowest BCUT2D eigenvalue weighted by molar-refractivity contribution is -0.143. The molecule has 4 amide bonds. The van der Waals surface area contributed by atoms with Crippen LogP contribution in [0.4, 0.5) is 0 Å². The lowest BCUT2D eigenvalue weighted by Gasteiger charge is -2.24. The Morgan fingerprint density at radius 3 is 1.86 bits per heavy atom. The first-order valence-corrected chi connectivity index (χ1v) is 9.15. The van der Waals surface area contributed by atoms with Gasteiger partial charge in [0.1, 0.15) is 24.2 Å². The fraction of sp³-hybridized carbons (Fsp3) is 0.667. The lowest BCUT2D eigenvalue weighted by Crippen LogP contribution is -2.58. The number of thiol groups is 1. The smallest absolute Gasteiger partial charge is 0.328 e. The van der Waals surface area contributed by atoms with Crippen LogP contribution in [0.5, 0.6) is 0 Å². The number of aliphatic carboxylic acids is 1. The first-order valence-electron chi connectivity index (χ1n) is 8.52. The molecule has 0 radical (unpaired) electrons. The first kappa shape index (κ1) is 26.6. The van der Waals surface area contributed by atoms with Crippen molar-refractivity contribution in [1.82, 2.24) is 16.0 Å². The predicted molar refractivity (Wildman–Crippen MR) is 102 cm³/mol. The molecule has 29 heavy (non-hydrogen) atoms. The Morgan fingerprint density at radius 1 is 0.966 bits per heavy atom. The van der Waals surface area contributed by atoms with Crippen molar-refractivity contribution in [2.45, 2.75) is 50.0 Å². The van der Waals surface area contributed by atoms with Crippen LogP contribution in [0, 0.1) is 0 Å². The van der Waals surface area contributed by atoms with Crippen LogP contribution in [0.2, 0.25) is 0 Å². The molecule has 5 atom stereocenters. The Bertz CT molecular complexity index is 618. The number of carbonyl (C=O) groups is 5. The Balaban J connectivity index is 5.23. The number of amides is 4. The van der Waals surface area contributed by atoms with E-state index >= 15 is 0 Å². The number of aliphatic hydroxyl groups is 2. The normalized spacial score (nSPS) is 15.9. The van der Waals surface area contributed by atoms with Crippen LogP contribution in [0.3, 0.4) is 0 Å². The van der Waals surface area contributed by atoms with E-state index in [2.05, 4.69) is 23.3 Å². The standard InChI is InChI=1S/C15H27N5O8S/c1-6(22)11(17)14(26)18-7(2-3-10(16)23)12(24)20-9(5-29)13(25)19-8(4-21)15(27)28/h6-9,11,21-22,29H,2-5,17H2,1H3,(H2,16,23)(H,18,26)(H,19,25)(H,20,24)(H,27,28). The largest absolute Gasteiger partial charge is 0.480 e. The third kappa shape index (κ3) is 9.56. The summed E-state index contributed by atoms with van der Waals surface area (Å²) in [5.41, 5.74) is 10.5. The quantitative estimate of drug-likeness (QED) is 0.126. The van der Waals surface area contributed by atoms with Gasteiger partial charge in [-0.3, -0.25) is 19.2 Å². The zero-order chi connectivity index (χ0) is 22.7. The molecule has 0 aromatic rings. The topological polar surface area (TPSA) is 234 Å². The molecule has 13 nitrogen and oxygen atoms in total. The van der Waals surface area contributed by atoms with Crippen LogP contribution >= 0.6 is 12.6 Å². The zero-order valence-corrected chi connectivity index (χ0v) is 16.6. The molecule has 0 spiro atoms. The Kier molecular flexibility index (Phi) is 11.8. The minimum atomic E-state index is -1.59. The van der Waals surface area contributed by atoms with Crippen LogP contribution in [0.1, 0.15) is 19.8 Å². The van der Waals surface area contributed by atoms with E-state index in [1.807, 2.05) is 5.32 Å². The molecule has 0 aromatic carbocycles. The Morgan fingerprint density at radius 2 is 1.45 bits per heavy atom. The van der Waals surface area contributed by atoms with Crippen LogP contribution < -0.4 is 27.4 Å². The number of rotatable bonds is 13. The van der Waals surface area contributed by atoms with Gasteiger partial charge in [0.2, 0.25) is 23.6 Å². The Labute approximate surface area is 172 Å². The average Bonchev–Trinajstić information content (AvgIpc) is 2.65. The number of primary amides is 1. The molecule has 0 aliphatic heterocycles. The summed E-state index contributed by atoms with van der Waals surface area (Å²) in [6.07, 6.45) is -1.70. The van der Waals surface area contributed by atoms with Crippen LogP contribution in [-0.2, 0) is 24.0 Å². The molecule has 0 saturated carbocycles. The van der Waals surface area contributed by atoms with Crippen molar-refractivity contribution in [3.05, 3.63) is 0 Å². The summed E-state index contributed by atoms with van der Waals surface area (Å²) in [5.74, 6) is -5.16. The van der Waals surface area contributed by atoms with Gasteiger partial charge in [-0.1, -0.05) is 0 Å². The van der Waals surface area contributed by atoms with Crippen LogP contribution in [-0.4, -0.2) is 87.5 Å². The van der Waals surface area contributed by atoms with Gasteiger partial charge in [-0.05, 0) is 13.3 Å². The van der Waals surface area contributed by atoms with Gasteiger partial charge in [0.15, 0.2) is 0 Å². The maximum atomic E-state index is 12.5. The second kappa shape index (κ2) is 12.9. The number of carboxylic acid groups (broad SMARTS) is 1. The lowest BCUT2D eigenvalue weighted by atomic mass is 10.1. The van der Waals surface area contributed by atoms with E-state index in [0.717, 1.165) is 0 Å². The minimum Gasteiger partial charge on any atom is -0.480 e. The number of nitrogens with one attached hydrogen (secondary N) is 3. The summed E-state index contributed by atoms with van der Waals surface area (Å²) in [6, 6.07) is -5.55. The van der Waals surface area contributed by atoms with E-state index in [0.29, 0.717) is 0 Å². The highest BCUT2D eigenvalue weighted by atomic mass is 32.1. The van der Waals surface area contributed by atoms with Gasteiger partial charge in [0.25, 0.3) is 0 Å². The summed E-state index contributed by atoms with van der Waals surface area (Å²) in [5, 5.41) is 33.7. The second-order valence-corrected chi connectivity index (χ2v) is 6.52. The summed E-state index contributed by atoms with van der Waals surface area (Å²) >= 11 is 3.92. The molecule has 166 valence electrons. The summed E-state index contributed by atoms with van der Waals surface area (Å²) in [7, 11) is 0. The van der Waals surface area contributed by atoms with E-state index in [4.69, 9.17) is 21.7 Å². The minimum absolute atomic E-state index is 0.214. The maximum absolute atomic E-state index is 12.5. The van der Waals surface area contributed by atoms with Gasteiger partial charge >= 0.3 is 5.97 Å². The number of hydrogen-bond acceptors (Lipinski definition) is 9. The van der Waals surface area contributed by atoms with E-state index in [1.165, 1.54) is 6.92 Å². The molecule has 0 bridgehead atoms. The number of carboxylic acids is 1. The van der Waals surface area contributed by atoms with Gasteiger partial charge in [-0.25, -0.2) is 4.79 Å². The Hall–Kier alpha value is -2.42. The second-order valence-electron chi connectivity index (χ2n) is 6.16. The van der Waals surface area contributed by atoms with E-state index in [-0.39, 0.29) is 18.6 Å². The van der Waals surface area contributed by atoms with Crippen molar-refractivity contribution in [2.24, 2.45) is 11.5 Å². The molecule has 0 aliphatic carbocycles. The molecule has 0 aliphatic rings. The molecule has 10 N–H and O–H groups in total. The molecular weight excluding hydrogens is 410 g/mol. The monoisotopic (exact) mass is 437 g/mol. The fourth-order valence-corrected chi connectivity index (χ4v) is 2.22. The number of aliphatic hydroxyl groups excluding tert-OH is 2.